The highest BCUT2D eigenvalue weighted by Gasteiger charge is 2.51. The summed E-state index contributed by atoms with van der Waals surface area (Å²) in [7, 11) is -3.26. The van der Waals surface area contributed by atoms with Crippen molar-refractivity contribution in [2.24, 2.45) is 0 Å². The second kappa shape index (κ2) is 7.95. The van der Waals surface area contributed by atoms with E-state index in [9.17, 15) is 23.1 Å². The summed E-state index contributed by atoms with van der Waals surface area (Å²) >= 11 is 0. The largest absolute Gasteiger partial charge is 0.380 e. The van der Waals surface area contributed by atoms with Gasteiger partial charge in [-0.1, -0.05) is 24.3 Å². The normalized spacial score (nSPS) is 22.2. The SMILES string of the molecule is C[C@H]1CN(C(=O)c2ccc(-c3cccc(S(=O)(=O)C4CC4)c3)cc2)CCN1C(=O)C1(O)CC1. The van der Waals surface area contributed by atoms with Crippen molar-refractivity contribution in [3.8, 4) is 11.1 Å². The van der Waals surface area contributed by atoms with E-state index < -0.39 is 15.4 Å². The summed E-state index contributed by atoms with van der Waals surface area (Å²) in [5, 5.41) is 9.88. The summed E-state index contributed by atoms with van der Waals surface area (Å²) in [6.45, 7) is 3.15. The summed E-state index contributed by atoms with van der Waals surface area (Å²) in [6.07, 6.45) is 2.48. The standard InChI is InChI=1S/C25H28N2O5S/c1-17-16-26(13-14-27(17)24(29)25(30)11-12-25)23(28)19-7-5-18(6-8-19)20-3-2-4-22(15-20)33(31,32)21-9-10-21/h2-8,15,17,21,30H,9-14,16H2,1H3/t17-/m0/s1. The molecular weight excluding hydrogens is 440 g/mol. The van der Waals surface area contributed by atoms with Gasteiger partial charge in [-0.25, -0.2) is 8.42 Å². The van der Waals surface area contributed by atoms with Crippen molar-refractivity contribution in [2.45, 2.75) is 54.4 Å². The first kappa shape index (κ1) is 22.1. The summed E-state index contributed by atoms with van der Waals surface area (Å²) in [4.78, 5) is 29.3. The van der Waals surface area contributed by atoms with Gasteiger partial charge in [0.25, 0.3) is 11.8 Å². The fourth-order valence-corrected chi connectivity index (χ4v) is 6.16. The molecule has 0 radical (unpaired) electrons. The van der Waals surface area contributed by atoms with Gasteiger partial charge < -0.3 is 14.9 Å². The minimum Gasteiger partial charge on any atom is -0.380 e. The molecule has 3 aliphatic rings. The molecule has 2 aromatic carbocycles. The summed E-state index contributed by atoms with van der Waals surface area (Å²) in [6, 6.07) is 14.0. The van der Waals surface area contributed by atoms with Crippen molar-refractivity contribution in [1.29, 1.82) is 0 Å². The molecule has 7 nitrogen and oxygen atoms in total. The van der Waals surface area contributed by atoms with Crippen molar-refractivity contribution < 1.29 is 23.1 Å². The molecule has 0 aromatic heterocycles. The molecule has 1 saturated heterocycles. The first-order valence-corrected chi connectivity index (χ1v) is 13.0. The van der Waals surface area contributed by atoms with E-state index in [4.69, 9.17) is 0 Å². The molecule has 3 fully saturated rings. The van der Waals surface area contributed by atoms with Crippen LogP contribution in [0.2, 0.25) is 0 Å². The molecule has 2 aliphatic carbocycles. The predicted molar refractivity (Wildman–Crippen MR) is 123 cm³/mol. The molecular formula is C25H28N2O5S. The Morgan fingerprint density at radius 1 is 1.00 bits per heavy atom. The van der Waals surface area contributed by atoms with Gasteiger partial charge >= 0.3 is 0 Å². The smallest absolute Gasteiger partial charge is 0.254 e. The van der Waals surface area contributed by atoms with Crippen molar-refractivity contribution in [2.75, 3.05) is 19.6 Å². The van der Waals surface area contributed by atoms with E-state index in [1.165, 1.54) is 0 Å². The minimum absolute atomic E-state index is 0.101. The Balaban J connectivity index is 1.27. The molecule has 2 aromatic rings. The van der Waals surface area contributed by atoms with Crippen LogP contribution in [0, 0.1) is 0 Å². The van der Waals surface area contributed by atoms with E-state index in [1.807, 2.05) is 25.1 Å². The zero-order chi connectivity index (χ0) is 23.4. The van der Waals surface area contributed by atoms with Gasteiger partial charge in [-0.15, -0.1) is 0 Å². The minimum atomic E-state index is -3.26. The summed E-state index contributed by atoms with van der Waals surface area (Å²) in [5.74, 6) is -0.326. The Kier molecular flexibility index (Phi) is 5.33. The second-order valence-corrected chi connectivity index (χ2v) is 11.7. The molecule has 2 amide bonds. The second-order valence-electron chi connectivity index (χ2n) is 9.48. The molecule has 0 bridgehead atoms. The van der Waals surface area contributed by atoms with Crippen molar-refractivity contribution in [3.63, 3.8) is 0 Å². The van der Waals surface area contributed by atoms with Crippen molar-refractivity contribution in [1.82, 2.24) is 9.80 Å². The zero-order valence-electron chi connectivity index (χ0n) is 18.6. The number of hydrogen-bond acceptors (Lipinski definition) is 5. The number of piperazine rings is 1. The van der Waals surface area contributed by atoms with Crippen LogP contribution in [-0.2, 0) is 14.6 Å². The number of rotatable bonds is 5. The zero-order valence-corrected chi connectivity index (χ0v) is 19.4. The number of aliphatic hydroxyl groups is 1. The average molecular weight is 469 g/mol. The van der Waals surface area contributed by atoms with E-state index in [0.29, 0.717) is 42.9 Å². The van der Waals surface area contributed by atoms with Crippen LogP contribution >= 0.6 is 0 Å². The molecule has 1 atom stereocenters. The average Bonchev–Trinajstić information content (AvgIpc) is 3.75. The Hall–Kier alpha value is -2.71. The molecule has 2 saturated carbocycles. The fourth-order valence-electron chi connectivity index (χ4n) is 4.45. The number of sulfone groups is 1. The highest BCUT2D eigenvalue weighted by atomic mass is 32.2. The fraction of sp³-hybridized carbons (Fsp3) is 0.440. The lowest BCUT2D eigenvalue weighted by atomic mass is 10.0. The van der Waals surface area contributed by atoms with Gasteiger partial charge in [-0.2, -0.15) is 0 Å². The van der Waals surface area contributed by atoms with Gasteiger partial charge in [0, 0.05) is 31.2 Å². The molecule has 33 heavy (non-hydrogen) atoms. The Morgan fingerprint density at radius 3 is 2.30 bits per heavy atom. The van der Waals surface area contributed by atoms with Crippen LogP contribution in [0.25, 0.3) is 11.1 Å². The van der Waals surface area contributed by atoms with Crippen LogP contribution in [0.15, 0.2) is 53.4 Å². The number of nitrogens with zero attached hydrogens (tertiary/aromatic N) is 2. The Labute approximate surface area is 193 Å². The lowest BCUT2D eigenvalue weighted by molar-refractivity contribution is -0.146. The number of benzene rings is 2. The summed E-state index contributed by atoms with van der Waals surface area (Å²) < 4.78 is 25.1. The van der Waals surface area contributed by atoms with Gasteiger partial charge in [-0.05, 0) is 68.0 Å². The maximum atomic E-state index is 13.0. The van der Waals surface area contributed by atoms with Gasteiger partial charge in [0.2, 0.25) is 0 Å². The number of amides is 2. The quantitative estimate of drug-likeness (QED) is 0.728. The first-order chi connectivity index (χ1) is 15.7. The van der Waals surface area contributed by atoms with Gasteiger partial charge in [0.1, 0.15) is 5.60 Å². The van der Waals surface area contributed by atoms with Crippen molar-refractivity contribution in [3.05, 3.63) is 54.1 Å². The molecule has 174 valence electrons. The van der Waals surface area contributed by atoms with E-state index in [1.54, 1.807) is 40.1 Å². The van der Waals surface area contributed by atoms with E-state index in [2.05, 4.69) is 0 Å². The first-order valence-electron chi connectivity index (χ1n) is 11.5. The molecule has 1 aliphatic heterocycles. The van der Waals surface area contributed by atoms with Crippen molar-refractivity contribution >= 4 is 21.7 Å². The third-order valence-electron chi connectivity index (χ3n) is 6.89. The van der Waals surface area contributed by atoms with Gasteiger partial charge in [0.05, 0.1) is 10.1 Å². The topological polar surface area (TPSA) is 95.0 Å². The van der Waals surface area contributed by atoms with E-state index >= 15 is 0 Å². The third-order valence-corrected chi connectivity index (χ3v) is 9.15. The predicted octanol–water partition coefficient (Wildman–Crippen LogP) is 2.49. The summed E-state index contributed by atoms with van der Waals surface area (Å²) in [5.41, 5.74) is 1.01. The molecule has 1 N–H and O–H groups in total. The van der Waals surface area contributed by atoms with Crippen LogP contribution in [0.1, 0.15) is 43.0 Å². The number of carbonyl (C=O) groups is 2. The van der Waals surface area contributed by atoms with E-state index in [-0.39, 0.29) is 23.1 Å². The van der Waals surface area contributed by atoms with Crippen LogP contribution in [0.3, 0.4) is 0 Å². The highest BCUT2D eigenvalue weighted by molar-refractivity contribution is 7.92. The van der Waals surface area contributed by atoms with E-state index in [0.717, 1.165) is 24.0 Å². The Bertz CT molecular complexity index is 1200. The van der Waals surface area contributed by atoms with Crippen LogP contribution in [0.4, 0.5) is 0 Å². The molecule has 1 heterocycles. The Morgan fingerprint density at radius 2 is 1.70 bits per heavy atom. The van der Waals surface area contributed by atoms with Gasteiger partial charge in [-0.3, -0.25) is 9.59 Å². The molecule has 0 unspecified atom stereocenters. The van der Waals surface area contributed by atoms with Crippen LogP contribution in [-0.4, -0.2) is 71.7 Å². The third kappa shape index (κ3) is 4.17. The monoisotopic (exact) mass is 468 g/mol. The molecule has 0 spiro atoms. The highest BCUT2D eigenvalue weighted by Crippen LogP contribution is 2.38. The van der Waals surface area contributed by atoms with Crippen LogP contribution in [0.5, 0.6) is 0 Å². The maximum Gasteiger partial charge on any atom is 0.254 e. The lowest BCUT2D eigenvalue weighted by Gasteiger charge is -2.40. The van der Waals surface area contributed by atoms with Crippen LogP contribution < -0.4 is 0 Å². The van der Waals surface area contributed by atoms with Gasteiger partial charge in [0.15, 0.2) is 9.84 Å². The lowest BCUT2D eigenvalue weighted by Crippen LogP contribution is -2.57. The molecule has 8 heteroatoms. The number of carbonyl (C=O) groups excluding carboxylic acids is 2. The molecule has 5 rings (SSSR count). The maximum absolute atomic E-state index is 13.0. The number of hydrogen-bond donors (Lipinski definition) is 1.